The van der Waals surface area contributed by atoms with Crippen molar-refractivity contribution in [3.05, 3.63) is 48.5 Å². The Hall–Kier alpha value is -2.62. The molecule has 0 aliphatic rings. The molecule has 0 aliphatic carbocycles. The lowest BCUT2D eigenvalue weighted by atomic mass is 10.1. The minimum atomic E-state index is 0.0467. The second kappa shape index (κ2) is 6.43. The monoisotopic (exact) mass is 293 g/mol. The first kappa shape index (κ1) is 14.3. The molecule has 2 aromatic carbocycles. The summed E-state index contributed by atoms with van der Waals surface area (Å²) in [6, 6.07) is 15.6. The highest BCUT2D eigenvalue weighted by Crippen LogP contribution is 2.27. The number of hydrogen-bond acceptors (Lipinski definition) is 2. The third-order valence-electron chi connectivity index (χ3n) is 3.60. The summed E-state index contributed by atoms with van der Waals surface area (Å²) in [5, 5.41) is 2.99. The second-order valence-electron chi connectivity index (χ2n) is 5.30. The zero-order chi connectivity index (χ0) is 15.4. The molecule has 3 aromatic rings. The Morgan fingerprint density at radius 1 is 1.14 bits per heavy atom. The van der Waals surface area contributed by atoms with Gasteiger partial charge in [0.1, 0.15) is 5.82 Å². The summed E-state index contributed by atoms with van der Waals surface area (Å²) in [5.74, 6) is 0.818. The van der Waals surface area contributed by atoms with E-state index in [1.165, 1.54) is 0 Å². The van der Waals surface area contributed by atoms with Crippen molar-refractivity contribution in [1.29, 1.82) is 0 Å². The predicted octanol–water partition coefficient (Wildman–Crippen LogP) is 4.36. The van der Waals surface area contributed by atoms with Gasteiger partial charge in [0.25, 0.3) is 0 Å². The number of carbonyl (C=O) groups excluding carboxylic acids is 1. The number of H-pyrrole nitrogens is 1. The van der Waals surface area contributed by atoms with Crippen molar-refractivity contribution in [2.45, 2.75) is 26.2 Å². The van der Waals surface area contributed by atoms with E-state index >= 15 is 0 Å². The van der Waals surface area contributed by atoms with Crippen molar-refractivity contribution in [2.75, 3.05) is 5.32 Å². The fraction of sp³-hybridized carbons (Fsp3) is 0.222. The van der Waals surface area contributed by atoms with Crippen molar-refractivity contribution in [3.63, 3.8) is 0 Å². The fourth-order valence-electron chi connectivity index (χ4n) is 2.43. The SMILES string of the molecule is CCCCC(=O)Nc1ccccc1-c1nc2ccccc2[nH]1. The van der Waals surface area contributed by atoms with Crippen molar-refractivity contribution in [1.82, 2.24) is 9.97 Å². The number of para-hydroxylation sites is 3. The van der Waals surface area contributed by atoms with Gasteiger partial charge in [-0.3, -0.25) is 4.79 Å². The van der Waals surface area contributed by atoms with E-state index in [1.807, 2.05) is 48.5 Å². The van der Waals surface area contributed by atoms with Crippen LogP contribution in [0, 0.1) is 0 Å². The lowest BCUT2D eigenvalue weighted by Crippen LogP contribution is -2.11. The third kappa shape index (κ3) is 3.01. The van der Waals surface area contributed by atoms with E-state index in [9.17, 15) is 4.79 Å². The highest BCUT2D eigenvalue weighted by Gasteiger charge is 2.11. The number of amides is 1. The number of imidazole rings is 1. The van der Waals surface area contributed by atoms with Gasteiger partial charge in [-0.05, 0) is 30.7 Å². The summed E-state index contributed by atoms with van der Waals surface area (Å²) in [6.45, 7) is 2.08. The lowest BCUT2D eigenvalue weighted by molar-refractivity contribution is -0.116. The first-order valence-corrected chi connectivity index (χ1v) is 7.62. The lowest BCUT2D eigenvalue weighted by Gasteiger charge is -2.09. The summed E-state index contributed by atoms with van der Waals surface area (Å²) >= 11 is 0. The maximum atomic E-state index is 12.0. The van der Waals surface area contributed by atoms with Gasteiger partial charge in [0, 0.05) is 12.0 Å². The zero-order valence-corrected chi connectivity index (χ0v) is 12.6. The number of hydrogen-bond donors (Lipinski definition) is 2. The van der Waals surface area contributed by atoms with Gasteiger partial charge in [0.15, 0.2) is 0 Å². The molecule has 3 rings (SSSR count). The second-order valence-corrected chi connectivity index (χ2v) is 5.30. The molecular weight excluding hydrogens is 274 g/mol. The van der Waals surface area contributed by atoms with Crippen LogP contribution < -0.4 is 5.32 Å². The molecule has 112 valence electrons. The van der Waals surface area contributed by atoms with Crippen molar-refractivity contribution >= 4 is 22.6 Å². The van der Waals surface area contributed by atoms with Gasteiger partial charge in [-0.15, -0.1) is 0 Å². The Balaban J connectivity index is 1.92. The van der Waals surface area contributed by atoms with Crippen LogP contribution in [0.15, 0.2) is 48.5 Å². The number of aromatic amines is 1. The molecule has 0 aliphatic heterocycles. The van der Waals surface area contributed by atoms with Gasteiger partial charge in [-0.25, -0.2) is 4.98 Å². The van der Waals surface area contributed by atoms with Crippen LogP contribution in [-0.2, 0) is 4.79 Å². The van der Waals surface area contributed by atoms with E-state index < -0.39 is 0 Å². The molecule has 0 spiro atoms. The van der Waals surface area contributed by atoms with Crippen molar-refractivity contribution in [2.24, 2.45) is 0 Å². The molecule has 0 unspecified atom stereocenters. The number of anilines is 1. The standard InChI is InChI=1S/C18H19N3O/c1-2-3-12-17(22)19-14-9-5-4-8-13(14)18-20-15-10-6-7-11-16(15)21-18/h4-11H,2-3,12H2,1H3,(H,19,22)(H,20,21). The number of aromatic nitrogens is 2. The summed E-state index contributed by atoms with van der Waals surface area (Å²) in [7, 11) is 0. The van der Waals surface area contributed by atoms with Crippen molar-refractivity contribution in [3.8, 4) is 11.4 Å². The molecule has 1 amide bonds. The molecule has 0 radical (unpaired) electrons. The number of benzene rings is 2. The van der Waals surface area contributed by atoms with Crippen LogP contribution in [0.3, 0.4) is 0 Å². The van der Waals surface area contributed by atoms with Crippen LogP contribution in [-0.4, -0.2) is 15.9 Å². The number of nitrogens with one attached hydrogen (secondary N) is 2. The van der Waals surface area contributed by atoms with Crippen LogP contribution in [0.25, 0.3) is 22.4 Å². The first-order chi connectivity index (χ1) is 10.8. The van der Waals surface area contributed by atoms with Crippen molar-refractivity contribution < 1.29 is 4.79 Å². The smallest absolute Gasteiger partial charge is 0.224 e. The van der Waals surface area contributed by atoms with Gasteiger partial charge < -0.3 is 10.3 Å². The molecule has 4 heteroatoms. The number of nitrogens with zero attached hydrogens (tertiary/aromatic N) is 1. The number of rotatable bonds is 5. The number of unbranched alkanes of at least 4 members (excludes halogenated alkanes) is 1. The van der Waals surface area contributed by atoms with Gasteiger partial charge in [-0.2, -0.15) is 0 Å². The Labute approximate surface area is 129 Å². The summed E-state index contributed by atoms with van der Waals surface area (Å²) in [6.07, 6.45) is 2.46. The molecule has 4 nitrogen and oxygen atoms in total. The number of fused-ring (bicyclic) bond motifs is 1. The normalized spacial score (nSPS) is 10.8. The minimum Gasteiger partial charge on any atom is -0.338 e. The first-order valence-electron chi connectivity index (χ1n) is 7.62. The average Bonchev–Trinajstić information content (AvgIpc) is 2.97. The molecular formula is C18H19N3O. The molecule has 0 fully saturated rings. The Bertz CT molecular complexity index is 759. The van der Waals surface area contributed by atoms with E-state index in [2.05, 4.69) is 22.2 Å². The number of carbonyl (C=O) groups is 1. The third-order valence-corrected chi connectivity index (χ3v) is 3.60. The zero-order valence-electron chi connectivity index (χ0n) is 12.6. The molecule has 0 saturated heterocycles. The minimum absolute atomic E-state index is 0.0467. The van der Waals surface area contributed by atoms with E-state index in [0.29, 0.717) is 6.42 Å². The summed E-state index contributed by atoms with van der Waals surface area (Å²) in [5.41, 5.74) is 3.61. The predicted molar refractivity (Wildman–Crippen MR) is 89.7 cm³/mol. The van der Waals surface area contributed by atoms with Gasteiger partial charge >= 0.3 is 0 Å². The van der Waals surface area contributed by atoms with E-state index in [4.69, 9.17) is 0 Å². The average molecular weight is 293 g/mol. The largest absolute Gasteiger partial charge is 0.338 e. The van der Waals surface area contributed by atoms with Gasteiger partial charge in [0.05, 0.1) is 16.7 Å². The molecule has 1 heterocycles. The molecule has 0 saturated carbocycles. The summed E-state index contributed by atoms with van der Waals surface area (Å²) in [4.78, 5) is 19.9. The molecule has 2 N–H and O–H groups in total. The highest BCUT2D eigenvalue weighted by molar-refractivity contribution is 5.95. The van der Waals surface area contributed by atoms with Crippen LogP contribution in [0.1, 0.15) is 26.2 Å². The maximum absolute atomic E-state index is 12.0. The van der Waals surface area contributed by atoms with Gasteiger partial charge in [-0.1, -0.05) is 37.6 Å². The molecule has 1 aromatic heterocycles. The maximum Gasteiger partial charge on any atom is 0.224 e. The van der Waals surface area contributed by atoms with E-state index in [1.54, 1.807) is 0 Å². The molecule has 22 heavy (non-hydrogen) atoms. The quantitative estimate of drug-likeness (QED) is 0.734. The Morgan fingerprint density at radius 2 is 1.91 bits per heavy atom. The molecule has 0 bridgehead atoms. The fourth-order valence-corrected chi connectivity index (χ4v) is 2.43. The van der Waals surface area contributed by atoms with Crippen LogP contribution in [0.5, 0.6) is 0 Å². The Morgan fingerprint density at radius 3 is 2.73 bits per heavy atom. The Kier molecular flexibility index (Phi) is 4.19. The van der Waals surface area contributed by atoms with Crippen LogP contribution >= 0.6 is 0 Å². The summed E-state index contributed by atoms with van der Waals surface area (Å²) < 4.78 is 0. The highest BCUT2D eigenvalue weighted by atomic mass is 16.1. The van der Waals surface area contributed by atoms with Crippen LogP contribution in [0.4, 0.5) is 5.69 Å². The topological polar surface area (TPSA) is 57.8 Å². The molecule has 0 atom stereocenters. The van der Waals surface area contributed by atoms with Gasteiger partial charge in [0.2, 0.25) is 5.91 Å². The van der Waals surface area contributed by atoms with Crippen LogP contribution in [0.2, 0.25) is 0 Å². The van der Waals surface area contributed by atoms with E-state index in [0.717, 1.165) is 41.0 Å². The van der Waals surface area contributed by atoms with E-state index in [-0.39, 0.29) is 5.91 Å².